The number of aryl methyl sites for hydroxylation is 1. The van der Waals surface area contributed by atoms with E-state index in [1.807, 2.05) is 12.2 Å². The highest BCUT2D eigenvalue weighted by atomic mass is 16.5. The van der Waals surface area contributed by atoms with Gasteiger partial charge in [0.05, 0.1) is 6.61 Å². The molecule has 0 bridgehead atoms. The molecule has 1 aromatic carbocycles. The molecule has 0 atom stereocenters. The lowest BCUT2D eigenvalue weighted by Crippen LogP contribution is -1.90. The summed E-state index contributed by atoms with van der Waals surface area (Å²) in [5, 5.41) is 0. The lowest BCUT2D eigenvalue weighted by molar-refractivity contribution is 0.221. The molecule has 0 aliphatic heterocycles. The van der Waals surface area contributed by atoms with E-state index in [-0.39, 0.29) is 0 Å². The van der Waals surface area contributed by atoms with Crippen molar-refractivity contribution < 1.29 is 4.74 Å². The smallest absolute Gasteiger partial charge is 0.112 e. The summed E-state index contributed by atoms with van der Waals surface area (Å²) in [5.41, 5.74) is 2.44. The van der Waals surface area contributed by atoms with Gasteiger partial charge in [0.25, 0.3) is 0 Å². The second-order valence-corrected chi connectivity index (χ2v) is 3.92. The first-order chi connectivity index (χ1) is 7.72. The SMILES string of the molecule is C=C(/C=C/c1cccc(C)c1)OCCCC. The van der Waals surface area contributed by atoms with E-state index in [1.165, 1.54) is 11.1 Å². The van der Waals surface area contributed by atoms with E-state index < -0.39 is 0 Å². The molecular formula is C15H20O. The summed E-state index contributed by atoms with van der Waals surface area (Å²) < 4.78 is 5.45. The van der Waals surface area contributed by atoms with Gasteiger partial charge in [-0.25, -0.2) is 0 Å². The van der Waals surface area contributed by atoms with Gasteiger partial charge < -0.3 is 4.74 Å². The van der Waals surface area contributed by atoms with Crippen molar-refractivity contribution in [3.8, 4) is 0 Å². The van der Waals surface area contributed by atoms with Crippen LogP contribution in [0.25, 0.3) is 6.08 Å². The molecule has 0 fully saturated rings. The van der Waals surface area contributed by atoms with Crippen molar-refractivity contribution >= 4 is 6.08 Å². The molecule has 1 nitrogen and oxygen atoms in total. The molecule has 1 rings (SSSR count). The molecule has 0 saturated heterocycles. The summed E-state index contributed by atoms with van der Waals surface area (Å²) in [6.45, 7) is 8.85. The zero-order chi connectivity index (χ0) is 11.8. The van der Waals surface area contributed by atoms with Gasteiger partial charge in [-0.1, -0.05) is 55.8 Å². The van der Waals surface area contributed by atoms with Crippen LogP contribution >= 0.6 is 0 Å². The zero-order valence-electron chi connectivity index (χ0n) is 10.2. The molecule has 0 radical (unpaired) electrons. The van der Waals surface area contributed by atoms with Gasteiger partial charge in [-0.15, -0.1) is 0 Å². The Labute approximate surface area is 98.5 Å². The summed E-state index contributed by atoms with van der Waals surface area (Å²) in [7, 11) is 0. The molecule has 86 valence electrons. The summed E-state index contributed by atoms with van der Waals surface area (Å²) in [4.78, 5) is 0. The van der Waals surface area contributed by atoms with Crippen molar-refractivity contribution in [1.29, 1.82) is 0 Å². The third kappa shape index (κ3) is 4.83. The number of hydrogen-bond acceptors (Lipinski definition) is 1. The third-order valence-corrected chi connectivity index (χ3v) is 2.29. The van der Waals surface area contributed by atoms with Crippen LogP contribution in [0, 0.1) is 6.92 Å². The molecule has 1 heteroatoms. The molecule has 16 heavy (non-hydrogen) atoms. The monoisotopic (exact) mass is 216 g/mol. The van der Waals surface area contributed by atoms with Crippen LogP contribution in [0.15, 0.2) is 42.7 Å². The van der Waals surface area contributed by atoms with Crippen LogP contribution in [-0.4, -0.2) is 6.61 Å². The molecule has 0 spiro atoms. The first-order valence-electron chi connectivity index (χ1n) is 5.79. The maximum absolute atomic E-state index is 5.45. The average molecular weight is 216 g/mol. The summed E-state index contributed by atoms with van der Waals surface area (Å²) in [6.07, 6.45) is 6.18. The van der Waals surface area contributed by atoms with E-state index in [2.05, 4.69) is 44.7 Å². The minimum absolute atomic E-state index is 0.731. The van der Waals surface area contributed by atoms with E-state index in [1.54, 1.807) is 0 Å². The Morgan fingerprint density at radius 3 is 2.94 bits per heavy atom. The van der Waals surface area contributed by atoms with E-state index in [0.717, 1.165) is 25.2 Å². The number of hydrogen-bond donors (Lipinski definition) is 0. The fourth-order valence-electron chi connectivity index (χ4n) is 1.36. The molecule has 0 saturated carbocycles. The topological polar surface area (TPSA) is 9.23 Å². The van der Waals surface area contributed by atoms with Gasteiger partial charge in [-0.3, -0.25) is 0 Å². The van der Waals surface area contributed by atoms with E-state index in [9.17, 15) is 0 Å². The highest BCUT2D eigenvalue weighted by Gasteiger charge is 1.90. The molecule has 0 amide bonds. The van der Waals surface area contributed by atoms with Crippen LogP contribution in [0.4, 0.5) is 0 Å². The van der Waals surface area contributed by atoms with Gasteiger partial charge in [-0.05, 0) is 25.0 Å². The molecule has 0 N–H and O–H groups in total. The Morgan fingerprint density at radius 2 is 2.25 bits per heavy atom. The highest BCUT2D eigenvalue weighted by Crippen LogP contribution is 2.08. The molecule has 1 aromatic rings. The van der Waals surface area contributed by atoms with Crippen LogP contribution in [0.1, 0.15) is 30.9 Å². The standard InChI is InChI=1S/C15H20O/c1-4-5-11-16-14(3)9-10-15-8-6-7-13(2)12-15/h6-10,12H,3-5,11H2,1-2H3/b10-9+. The molecule has 0 aliphatic rings. The molecular weight excluding hydrogens is 196 g/mol. The van der Waals surface area contributed by atoms with Crippen LogP contribution in [0.3, 0.4) is 0 Å². The Hall–Kier alpha value is -1.50. The summed E-state index contributed by atoms with van der Waals surface area (Å²) in [6, 6.07) is 8.35. The van der Waals surface area contributed by atoms with Gasteiger partial charge >= 0.3 is 0 Å². The second kappa shape index (κ2) is 6.89. The number of unbranched alkanes of at least 4 members (excludes halogenated alkanes) is 1. The predicted molar refractivity (Wildman–Crippen MR) is 70.2 cm³/mol. The van der Waals surface area contributed by atoms with E-state index in [0.29, 0.717) is 0 Å². The maximum Gasteiger partial charge on any atom is 0.112 e. The fourth-order valence-corrected chi connectivity index (χ4v) is 1.36. The van der Waals surface area contributed by atoms with Crippen LogP contribution in [-0.2, 0) is 4.74 Å². The van der Waals surface area contributed by atoms with Crippen molar-refractivity contribution in [2.75, 3.05) is 6.61 Å². The van der Waals surface area contributed by atoms with Gasteiger partial charge in [0.1, 0.15) is 5.76 Å². The normalized spacial score (nSPS) is 10.6. The molecule has 0 aliphatic carbocycles. The van der Waals surface area contributed by atoms with Crippen molar-refractivity contribution in [2.45, 2.75) is 26.7 Å². The quantitative estimate of drug-likeness (QED) is 0.390. The van der Waals surface area contributed by atoms with Crippen molar-refractivity contribution in [2.24, 2.45) is 0 Å². The minimum atomic E-state index is 0.731. The number of benzene rings is 1. The third-order valence-electron chi connectivity index (χ3n) is 2.29. The van der Waals surface area contributed by atoms with Crippen molar-refractivity contribution in [3.05, 3.63) is 53.8 Å². The highest BCUT2D eigenvalue weighted by molar-refractivity contribution is 5.52. The summed E-state index contributed by atoms with van der Waals surface area (Å²) >= 11 is 0. The van der Waals surface area contributed by atoms with Gasteiger partial charge in [0.15, 0.2) is 0 Å². The van der Waals surface area contributed by atoms with Crippen LogP contribution < -0.4 is 0 Å². The first kappa shape index (κ1) is 12.6. The lowest BCUT2D eigenvalue weighted by Gasteiger charge is -2.03. The minimum Gasteiger partial charge on any atom is -0.494 e. The maximum atomic E-state index is 5.45. The Balaban J connectivity index is 2.44. The van der Waals surface area contributed by atoms with Gasteiger partial charge in [0, 0.05) is 0 Å². The Bertz CT molecular complexity index is 363. The number of ether oxygens (including phenoxy) is 1. The fraction of sp³-hybridized carbons (Fsp3) is 0.333. The van der Waals surface area contributed by atoms with E-state index in [4.69, 9.17) is 4.74 Å². The Kier molecular flexibility index (Phi) is 5.41. The van der Waals surface area contributed by atoms with Crippen molar-refractivity contribution in [3.63, 3.8) is 0 Å². The van der Waals surface area contributed by atoms with Crippen LogP contribution in [0.2, 0.25) is 0 Å². The largest absolute Gasteiger partial charge is 0.494 e. The van der Waals surface area contributed by atoms with Crippen molar-refractivity contribution in [1.82, 2.24) is 0 Å². The lowest BCUT2D eigenvalue weighted by atomic mass is 10.1. The second-order valence-electron chi connectivity index (χ2n) is 3.92. The average Bonchev–Trinajstić information content (AvgIpc) is 2.27. The van der Waals surface area contributed by atoms with Crippen LogP contribution in [0.5, 0.6) is 0 Å². The number of allylic oxidation sites excluding steroid dienone is 1. The predicted octanol–water partition coefficient (Wildman–Crippen LogP) is 4.34. The molecule has 0 unspecified atom stereocenters. The van der Waals surface area contributed by atoms with E-state index >= 15 is 0 Å². The van der Waals surface area contributed by atoms with Gasteiger partial charge in [0.2, 0.25) is 0 Å². The van der Waals surface area contributed by atoms with Gasteiger partial charge in [-0.2, -0.15) is 0 Å². The summed E-state index contributed by atoms with van der Waals surface area (Å²) in [5.74, 6) is 0.731. The molecule has 0 aromatic heterocycles. The Morgan fingerprint density at radius 1 is 1.44 bits per heavy atom. The first-order valence-corrected chi connectivity index (χ1v) is 5.79. The zero-order valence-corrected chi connectivity index (χ0v) is 10.2. The number of rotatable bonds is 6. The molecule has 0 heterocycles.